The summed E-state index contributed by atoms with van der Waals surface area (Å²) in [6.45, 7) is 2.78. The molecular weight excluding hydrogens is 283 g/mol. The second-order valence-electron chi connectivity index (χ2n) is 4.98. The van der Waals surface area contributed by atoms with E-state index in [1.54, 1.807) is 13.1 Å². The van der Waals surface area contributed by atoms with Gasteiger partial charge in [-0.1, -0.05) is 0 Å². The van der Waals surface area contributed by atoms with Crippen LogP contribution in [0.15, 0.2) is 6.20 Å². The Morgan fingerprint density at radius 1 is 1.45 bits per heavy atom. The molecule has 2 aromatic heterocycles. The molecule has 1 saturated heterocycles. The Kier molecular flexibility index (Phi) is 3.43. The minimum absolute atomic E-state index is 0.00272. The zero-order valence-corrected chi connectivity index (χ0v) is 11.7. The van der Waals surface area contributed by atoms with Gasteiger partial charge in [0.1, 0.15) is 11.3 Å². The Morgan fingerprint density at radius 2 is 2.25 bits per heavy atom. The number of aliphatic hydroxyl groups excluding tert-OH is 1. The Morgan fingerprint density at radius 3 is 3.00 bits per heavy atom. The monoisotopic (exact) mass is 296 g/mol. The molecule has 0 bridgehead atoms. The normalized spacial score (nSPS) is 19.6. The molecule has 0 spiro atoms. The van der Waals surface area contributed by atoms with E-state index < -0.39 is 11.9 Å². The number of hydrogen-bond acceptors (Lipinski definition) is 5. The lowest BCUT2D eigenvalue weighted by Gasteiger charge is -2.31. The molecule has 3 heterocycles. The zero-order valence-electron chi connectivity index (χ0n) is 11.0. The maximum absolute atomic E-state index is 14.1. The standard InChI is InChI=1S/C13H14ClFN4O/c1-7-10(15)11-9(5-16-7)12(18-13(14)17-11)19-4-2-3-8(20)6-19/h5,8,20H,2-4,6H2,1H3. The van der Waals surface area contributed by atoms with E-state index in [9.17, 15) is 9.50 Å². The van der Waals surface area contributed by atoms with E-state index in [0.29, 0.717) is 17.7 Å². The predicted octanol–water partition coefficient (Wildman–Crippen LogP) is 2.09. The average molecular weight is 297 g/mol. The molecule has 0 saturated carbocycles. The van der Waals surface area contributed by atoms with E-state index in [0.717, 1.165) is 19.4 Å². The molecule has 0 aliphatic carbocycles. The van der Waals surface area contributed by atoms with Crippen molar-refractivity contribution in [2.75, 3.05) is 18.0 Å². The van der Waals surface area contributed by atoms with Crippen molar-refractivity contribution in [3.63, 3.8) is 0 Å². The van der Waals surface area contributed by atoms with Crippen LogP contribution in [-0.4, -0.2) is 39.3 Å². The molecule has 1 fully saturated rings. The highest BCUT2D eigenvalue weighted by atomic mass is 35.5. The first-order valence-corrected chi connectivity index (χ1v) is 6.85. The molecule has 1 atom stereocenters. The van der Waals surface area contributed by atoms with Gasteiger partial charge in [0.15, 0.2) is 5.82 Å². The number of pyridine rings is 1. The van der Waals surface area contributed by atoms with Crippen molar-refractivity contribution in [1.82, 2.24) is 15.0 Å². The Bertz CT molecular complexity index is 666. The van der Waals surface area contributed by atoms with Gasteiger partial charge in [-0.2, -0.15) is 4.98 Å². The van der Waals surface area contributed by atoms with Gasteiger partial charge >= 0.3 is 0 Å². The van der Waals surface area contributed by atoms with Crippen LogP contribution < -0.4 is 4.90 Å². The second-order valence-corrected chi connectivity index (χ2v) is 5.32. The minimum Gasteiger partial charge on any atom is -0.391 e. The van der Waals surface area contributed by atoms with E-state index in [-0.39, 0.29) is 16.5 Å². The molecule has 1 aliphatic rings. The lowest BCUT2D eigenvalue weighted by molar-refractivity contribution is 0.154. The first-order chi connectivity index (χ1) is 9.56. The predicted molar refractivity (Wildman–Crippen MR) is 74.5 cm³/mol. The Labute approximate surface area is 120 Å². The highest BCUT2D eigenvalue weighted by Gasteiger charge is 2.23. The molecule has 2 aromatic rings. The first-order valence-electron chi connectivity index (χ1n) is 6.47. The van der Waals surface area contributed by atoms with Crippen molar-refractivity contribution in [1.29, 1.82) is 0 Å². The molecule has 5 nitrogen and oxygen atoms in total. The summed E-state index contributed by atoms with van der Waals surface area (Å²) in [7, 11) is 0. The van der Waals surface area contributed by atoms with Crippen LogP contribution in [0.3, 0.4) is 0 Å². The third kappa shape index (κ3) is 2.29. The number of aryl methyl sites for hydroxylation is 1. The van der Waals surface area contributed by atoms with E-state index in [1.807, 2.05) is 4.90 Å². The van der Waals surface area contributed by atoms with Crippen molar-refractivity contribution in [3.8, 4) is 0 Å². The summed E-state index contributed by atoms with van der Waals surface area (Å²) in [6, 6.07) is 0. The number of fused-ring (bicyclic) bond motifs is 1. The second kappa shape index (κ2) is 5.10. The van der Waals surface area contributed by atoms with Crippen molar-refractivity contribution in [3.05, 3.63) is 23.0 Å². The molecule has 3 rings (SSSR count). The Balaban J connectivity index is 2.17. The number of piperidine rings is 1. The largest absolute Gasteiger partial charge is 0.391 e. The van der Waals surface area contributed by atoms with Crippen LogP contribution in [0.1, 0.15) is 18.5 Å². The molecule has 0 aromatic carbocycles. The van der Waals surface area contributed by atoms with Crippen LogP contribution in [-0.2, 0) is 0 Å². The van der Waals surface area contributed by atoms with E-state index in [4.69, 9.17) is 11.6 Å². The number of aliphatic hydroxyl groups is 1. The van der Waals surface area contributed by atoms with Crippen LogP contribution in [0.4, 0.5) is 10.2 Å². The number of nitrogens with zero attached hydrogens (tertiary/aromatic N) is 4. The maximum Gasteiger partial charge on any atom is 0.225 e. The number of aromatic nitrogens is 3. The van der Waals surface area contributed by atoms with Gasteiger partial charge in [0.2, 0.25) is 5.28 Å². The molecule has 7 heteroatoms. The van der Waals surface area contributed by atoms with Gasteiger partial charge in [-0.3, -0.25) is 4.98 Å². The van der Waals surface area contributed by atoms with Gasteiger partial charge in [-0.25, -0.2) is 9.37 Å². The summed E-state index contributed by atoms with van der Waals surface area (Å²) >= 11 is 5.91. The third-order valence-electron chi connectivity index (χ3n) is 3.51. The average Bonchev–Trinajstić information content (AvgIpc) is 2.43. The number of hydrogen-bond donors (Lipinski definition) is 1. The summed E-state index contributed by atoms with van der Waals surface area (Å²) in [6.07, 6.45) is 2.77. The van der Waals surface area contributed by atoms with Gasteiger partial charge < -0.3 is 10.0 Å². The topological polar surface area (TPSA) is 62.1 Å². The SMILES string of the molecule is Cc1ncc2c(N3CCCC(O)C3)nc(Cl)nc2c1F. The zero-order chi connectivity index (χ0) is 14.3. The van der Waals surface area contributed by atoms with Gasteiger partial charge in [0.25, 0.3) is 0 Å². The van der Waals surface area contributed by atoms with Gasteiger partial charge in [0.05, 0.1) is 17.2 Å². The lowest BCUT2D eigenvalue weighted by Crippen LogP contribution is -2.38. The van der Waals surface area contributed by atoms with Crippen LogP contribution in [0, 0.1) is 12.7 Å². The summed E-state index contributed by atoms with van der Waals surface area (Å²) in [5, 5.41) is 10.3. The van der Waals surface area contributed by atoms with Crippen LogP contribution in [0.25, 0.3) is 10.9 Å². The molecule has 1 N–H and O–H groups in total. The third-order valence-corrected chi connectivity index (χ3v) is 3.68. The van der Waals surface area contributed by atoms with Crippen LogP contribution in [0.2, 0.25) is 5.28 Å². The van der Waals surface area contributed by atoms with Crippen molar-refractivity contribution >= 4 is 28.3 Å². The van der Waals surface area contributed by atoms with Crippen LogP contribution in [0.5, 0.6) is 0 Å². The number of β-amino-alcohol motifs (C(OH)–C–C–N with tert-alkyl or cyclic N) is 1. The molecular formula is C13H14ClFN4O. The highest BCUT2D eigenvalue weighted by molar-refractivity contribution is 6.28. The molecule has 1 unspecified atom stereocenters. The van der Waals surface area contributed by atoms with Gasteiger partial charge in [0, 0.05) is 19.3 Å². The van der Waals surface area contributed by atoms with E-state index in [2.05, 4.69) is 15.0 Å². The number of rotatable bonds is 1. The lowest BCUT2D eigenvalue weighted by atomic mass is 10.1. The smallest absolute Gasteiger partial charge is 0.225 e. The minimum atomic E-state index is -0.481. The molecule has 20 heavy (non-hydrogen) atoms. The summed E-state index contributed by atoms with van der Waals surface area (Å²) in [5.41, 5.74) is 0.449. The fourth-order valence-corrected chi connectivity index (χ4v) is 2.66. The fraction of sp³-hybridized carbons (Fsp3) is 0.462. The highest BCUT2D eigenvalue weighted by Crippen LogP contribution is 2.29. The molecule has 106 valence electrons. The summed E-state index contributed by atoms with van der Waals surface area (Å²) < 4.78 is 14.1. The maximum atomic E-state index is 14.1. The van der Waals surface area contributed by atoms with Gasteiger partial charge in [-0.15, -0.1) is 0 Å². The van der Waals surface area contributed by atoms with Crippen molar-refractivity contribution in [2.24, 2.45) is 0 Å². The molecule has 0 amide bonds. The van der Waals surface area contributed by atoms with Gasteiger partial charge in [-0.05, 0) is 31.4 Å². The van der Waals surface area contributed by atoms with Crippen LogP contribution >= 0.6 is 11.6 Å². The van der Waals surface area contributed by atoms with Crippen molar-refractivity contribution < 1.29 is 9.50 Å². The van der Waals surface area contributed by atoms with E-state index in [1.165, 1.54) is 0 Å². The first kappa shape index (κ1) is 13.5. The Hall–Kier alpha value is -1.53. The molecule has 1 aliphatic heterocycles. The summed E-state index contributed by atoms with van der Waals surface area (Å²) in [4.78, 5) is 14.1. The van der Waals surface area contributed by atoms with E-state index >= 15 is 0 Å². The quantitative estimate of drug-likeness (QED) is 0.817. The number of halogens is 2. The summed E-state index contributed by atoms with van der Waals surface area (Å²) in [5.74, 6) is 0.0516. The van der Waals surface area contributed by atoms with Crippen molar-refractivity contribution in [2.45, 2.75) is 25.9 Å². The fourth-order valence-electron chi connectivity index (χ4n) is 2.49. The number of anilines is 1. The molecule has 0 radical (unpaired) electrons.